The van der Waals surface area contributed by atoms with E-state index < -0.39 is 0 Å². The highest BCUT2D eigenvalue weighted by Gasteiger charge is 2.13. The van der Waals surface area contributed by atoms with Crippen LogP contribution in [0.3, 0.4) is 0 Å². The second-order valence-corrected chi connectivity index (χ2v) is 4.16. The Kier molecular flexibility index (Phi) is 6.51. The number of carbonyl (C=O) groups excluding carboxylic acids is 1. The number of amides is 1. The molecule has 0 spiro atoms. The summed E-state index contributed by atoms with van der Waals surface area (Å²) in [4.78, 5) is 17.5. The third kappa shape index (κ3) is 4.99. The Morgan fingerprint density at radius 1 is 1.58 bits per heavy atom. The molecule has 0 aliphatic heterocycles. The van der Waals surface area contributed by atoms with E-state index in [1.54, 1.807) is 7.05 Å². The minimum absolute atomic E-state index is 0.0385. The van der Waals surface area contributed by atoms with Crippen molar-refractivity contribution in [3.8, 4) is 0 Å². The van der Waals surface area contributed by atoms with Gasteiger partial charge < -0.3 is 20.2 Å². The number of halogens is 1. The number of aliphatic hydroxyl groups is 1. The molecule has 4 N–H and O–H groups in total. The summed E-state index contributed by atoms with van der Waals surface area (Å²) < 4.78 is 5.09. The van der Waals surface area contributed by atoms with Gasteiger partial charge in [-0.05, 0) is 12.1 Å². The first kappa shape index (κ1) is 15.6. The number of nitrogens with zero attached hydrogens (tertiary/aromatic N) is 2. The molecule has 1 aromatic heterocycles. The lowest BCUT2D eigenvalue weighted by Crippen LogP contribution is -2.30. The Morgan fingerprint density at radius 2 is 2.32 bits per heavy atom. The van der Waals surface area contributed by atoms with Crippen molar-refractivity contribution in [3.63, 3.8) is 0 Å². The van der Waals surface area contributed by atoms with Gasteiger partial charge in [-0.1, -0.05) is 11.6 Å². The van der Waals surface area contributed by atoms with Crippen LogP contribution in [0.2, 0.25) is 5.15 Å². The van der Waals surface area contributed by atoms with E-state index in [0.717, 1.165) is 0 Å². The Bertz CT molecular complexity index is 430. The number of aliphatic hydroxyl groups excluding tert-OH is 1. The maximum atomic E-state index is 12.1. The van der Waals surface area contributed by atoms with Crippen LogP contribution in [-0.4, -0.2) is 54.3 Å². The largest absolute Gasteiger partial charge is 0.394 e. The molecule has 19 heavy (non-hydrogen) atoms. The first-order valence-electron chi connectivity index (χ1n) is 5.66. The predicted octanol–water partition coefficient (Wildman–Crippen LogP) is 0.101. The van der Waals surface area contributed by atoms with Crippen LogP contribution >= 0.6 is 11.6 Å². The summed E-state index contributed by atoms with van der Waals surface area (Å²) >= 11 is 5.79. The maximum Gasteiger partial charge on any atom is 0.253 e. The smallest absolute Gasteiger partial charge is 0.253 e. The van der Waals surface area contributed by atoms with Gasteiger partial charge in [0.25, 0.3) is 5.91 Å². The number of carbonyl (C=O) groups is 1. The molecule has 106 valence electrons. The van der Waals surface area contributed by atoms with Crippen LogP contribution in [0.1, 0.15) is 10.4 Å². The number of hydrazine groups is 1. The first-order valence-corrected chi connectivity index (χ1v) is 6.04. The number of ether oxygens (including phenoxy) is 1. The lowest BCUT2D eigenvalue weighted by atomic mass is 10.2. The van der Waals surface area contributed by atoms with Crippen molar-refractivity contribution < 1.29 is 14.6 Å². The zero-order valence-electron chi connectivity index (χ0n) is 10.6. The van der Waals surface area contributed by atoms with Gasteiger partial charge in [-0.25, -0.2) is 10.8 Å². The molecule has 0 aliphatic carbocycles. The van der Waals surface area contributed by atoms with Gasteiger partial charge in [0.15, 0.2) is 0 Å². The van der Waals surface area contributed by atoms with Gasteiger partial charge in [0.2, 0.25) is 0 Å². The van der Waals surface area contributed by atoms with Crippen LogP contribution in [0.25, 0.3) is 0 Å². The van der Waals surface area contributed by atoms with Crippen LogP contribution in [0.5, 0.6) is 0 Å². The number of nitrogens with two attached hydrogens (primary N) is 1. The zero-order chi connectivity index (χ0) is 14.3. The Balaban J connectivity index is 2.63. The van der Waals surface area contributed by atoms with Crippen LogP contribution in [-0.2, 0) is 4.74 Å². The average Bonchev–Trinajstić information content (AvgIpc) is 2.41. The Morgan fingerprint density at radius 3 is 2.95 bits per heavy atom. The molecular formula is C11H17ClN4O3. The fourth-order valence-corrected chi connectivity index (χ4v) is 1.59. The zero-order valence-corrected chi connectivity index (χ0v) is 11.4. The summed E-state index contributed by atoms with van der Waals surface area (Å²) in [6.07, 6.45) is 0. The highest BCUT2D eigenvalue weighted by Crippen LogP contribution is 2.15. The topological polar surface area (TPSA) is 101 Å². The second-order valence-electron chi connectivity index (χ2n) is 3.77. The van der Waals surface area contributed by atoms with Crippen molar-refractivity contribution in [2.24, 2.45) is 5.84 Å². The Labute approximate surface area is 116 Å². The number of anilines is 1. The highest BCUT2D eigenvalue weighted by atomic mass is 35.5. The molecule has 0 saturated heterocycles. The van der Waals surface area contributed by atoms with Crippen LogP contribution in [0.4, 0.5) is 5.82 Å². The van der Waals surface area contributed by atoms with Crippen molar-refractivity contribution in [2.75, 3.05) is 38.8 Å². The maximum absolute atomic E-state index is 12.1. The second kappa shape index (κ2) is 7.90. The molecule has 7 nitrogen and oxygen atoms in total. The van der Waals surface area contributed by atoms with Gasteiger partial charge in [-0.15, -0.1) is 0 Å². The van der Waals surface area contributed by atoms with E-state index in [4.69, 9.17) is 27.3 Å². The van der Waals surface area contributed by atoms with E-state index in [1.165, 1.54) is 17.0 Å². The summed E-state index contributed by atoms with van der Waals surface area (Å²) in [7, 11) is 1.65. The van der Waals surface area contributed by atoms with E-state index in [1.807, 2.05) is 0 Å². The molecule has 0 aromatic carbocycles. The molecule has 1 amide bonds. The minimum atomic E-state index is -0.214. The number of nitrogens with one attached hydrogen (secondary N) is 1. The predicted molar refractivity (Wildman–Crippen MR) is 71.9 cm³/mol. The monoisotopic (exact) mass is 288 g/mol. The number of hydrogen-bond donors (Lipinski definition) is 3. The number of likely N-dealkylation sites (N-methyl/N-ethyl adjacent to an activating group) is 1. The van der Waals surface area contributed by atoms with Crippen molar-refractivity contribution in [1.29, 1.82) is 0 Å². The van der Waals surface area contributed by atoms with E-state index in [-0.39, 0.29) is 24.3 Å². The van der Waals surface area contributed by atoms with Crippen molar-refractivity contribution in [2.45, 2.75) is 0 Å². The normalized spacial score (nSPS) is 10.3. The molecule has 0 saturated carbocycles. The Hall–Kier alpha value is -1.41. The summed E-state index contributed by atoms with van der Waals surface area (Å²) in [5, 5.41) is 8.74. The van der Waals surface area contributed by atoms with Gasteiger partial charge in [-0.2, -0.15) is 0 Å². The van der Waals surface area contributed by atoms with Crippen LogP contribution in [0.15, 0.2) is 12.1 Å². The number of pyridine rings is 1. The summed E-state index contributed by atoms with van der Waals surface area (Å²) in [6.45, 7) is 0.973. The molecule has 0 fully saturated rings. The lowest BCUT2D eigenvalue weighted by Gasteiger charge is -2.17. The fourth-order valence-electron chi connectivity index (χ4n) is 1.38. The van der Waals surface area contributed by atoms with E-state index >= 15 is 0 Å². The molecule has 8 heteroatoms. The average molecular weight is 289 g/mol. The molecular weight excluding hydrogens is 272 g/mol. The van der Waals surface area contributed by atoms with E-state index in [0.29, 0.717) is 24.5 Å². The minimum Gasteiger partial charge on any atom is -0.394 e. The molecule has 0 atom stereocenters. The highest BCUT2D eigenvalue weighted by molar-refractivity contribution is 6.29. The molecule has 1 rings (SSSR count). The van der Waals surface area contributed by atoms with Crippen molar-refractivity contribution in [3.05, 3.63) is 22.8 Å². The fraction of sp³-hybridized carbons (Fsp3) is 0.455. The third-order valence-corrected chi connectivity index (χ3v) is 2.54. The SMILES string of the molecule is CN(CCOCCO)C(=O)c1cc(Cl)nc(NN)c1. The van der Waals surface area contributed by atoms with Gasteiger partial charge >= 0.3 is 0 Å². The summed E-state index contributed by atoms with van der Waals surface area (Å²) in [5.74, 6) is 5.34. The number of nitrogen functional groups attached to an aromatic ring is 1. The number of hydrogen-bond acceptors (Lipinski definition) is 6. The van der Waals surface area contributed by atoms with Crippen molar-refractivity contribution in [1.82, 2.24) is 9.88 Å². The van der Waals surface area contributed by atoms with Crippen LogP contribution < -0.4 is 11.3 Å². The summed E-state index contributed by atoms with van der Waals surface area (Å²) in [5.41, 5.74) is 2.73. The van der Waals surface area contributed by atoms with Gasteiger partial charge in [-0.3, -0.25) is 4.79 Å². The quantitative estimate of drug-likeness (QED) is 0.285. The van der Waals surface area contributed by atoms with Gasteiger partial charge in [0, 0.05) is 19.2 Å². The molecule has 1 heterocycles. The van der Waals surface area contributed by atoms with Gasteiger partial charge in [0.1, 0.15) is 11.0 Å². The molecule has 0 aliphatic rings. The van der Waals surface area contributed by atoms with Crippen LogP contribution in [0, 0.1) is 0 Å². The number of aromatic nitrogens is 1. The molecule has 0 radical (unpaired) electrons. The standard InChI is InChI=1S/C11H17ClN4O3/c1-16(2-4-19-5-3-17)11(18)8-6-9(12)14-10(7-8)15-13/h6-7,17H,2-5,13H2,1H3,(H,14,15). The molecule has 0 bridgehead atoms. The van der Waals surface area contributed by atoms with Gasteiger partial charge in [0.05, 0.1) is 19.8 Å². The van der Waals surface area contributed by atoms with E-state index in [2.05, 4.69) is 10.4 Å². The molecule has 1 aromatic rings. The van der Waals surface area contributed by atoms with Crippen molar-refractivity contribution >= 4 is 23.3 Å². The first-order chi connectivity index (χ1) is 9.08. The third-order valence-electron chi connectivity index (χ3n) is 2.34. The number of rotatable bonds is 7. The summed E-state index contributed by atoms with van der Waals surface area (Å²) in [6, 6.07) is 2.98. The lowest BCUT2D eigenvalue weighted by molar-refractivity contribution is 0.0618. The van der Waals surface area contributed by atoms with E-state index in [9.17, 15) is 4.79 Å². The molecule has 0 unspecified atom stereocenters.